The van der Waals surface area contributed by atoms with Crippen molar-refractivity contribution in [2.75, 3.05) is 6.54 Å². The van der Waals surface area contributed by atoms with E-state index in [2.05, 4.69) is 5.32 Å². The summed E-state index contributed by atoms with van der Waals surface area (Å²) in [5.41, 5.74) is 5.22. The number of carbonyl (C=O) groups excluding carboxylic acids is 2. The zero-order valence-corrected chi connectivity index (χ0v) is 12.8. The Hall–Kier alpha value is -1.10. The third-order valence-electron chi connectivity index (χ3n) is 5.65. The Bertz CT molecular complexity index is 416. The van der Waals surface area contributed by atoms with E-state index in [1.807, 2.05) is 0 Å². The summed E-state index contributed by atoms with van der Waals surface area (Å²) in [5.74, 6) is 0.308. The van der Waals surface area contributed by atoms with E-state index in [0.717, 1.165) is 44.9 Å². The maximum atomic E-state index is 13.0. The van der Waals surface area contributed by atoms with Crippen LogP contribution in [0.1, 0.15) is 64.2 Å². The molecule has 0 aromatic carbocycles. The van der Waals surface area contributed by atoms with Gasteiger partial charge in [-0.15, -0.1) is 0 Å². The number of carbonyl (C=O) groups is 2. The molecule has 2 saturated carbocycles. The molecular weight excluding hydrogens is 266 g/mol. The predicted octanol–water partition coefficient (Wildman–Crippen LogP) is 2.15. The third kappa shape index (κ3) is 2.56. The molecule has 1 spiro atoms. The van der Waals surface area contributed by atoms with Crippen LogP contribution in [0.5, 0.6) is 0 Å². The normalized spacial score (nSPS) is 33.1. The van der Waals surface area contributed by atoms with Crippen LogP contribution in [0.4, 0.5) is 4.79 Å². The first kappa shape index (κ1) is 14.8. The number of nitrogens with zero attached hydrogens (tertiary/aromatic N) is 1. The van der Waals surface area contributed by atoms with Gasteiger partial charge in [0, 0.05) is 6.04 Å². The summed E-state index contributed by atoms with van der Waals surface area (Å²) >= 11 is 0. The molecule has 3 amide bonds. The lowest BCUT2D eigenvalue weighted by atomic mass is 9.83. The topological polar surface area (TPSA) is 75.4 Å². The van der Waals surface area contributed by atoms with Crippen molar-refractivity contribution in [2.24, 2.45) is 11.7 Å². The maximum absolute atomic E-state index is 13.0. The number of urea groups is 1. The van der Waals surface area contributed by atoms with E-state index < -0.39 is 5.54 Å². The van der Waals surface area contributed by atoms with E-state index >= 15 is 0 Å². The zero-order valence-electron chi connectivity index (χ0n) is 12.8. The van der Waals surface area contributed by atoms with Crippen molar-refractivity contribution < 1.29 is 9.59 Å². The van der Waals surface area contributed by atoms with Crippen molar-refractivity contribution in [3.05, 3.63) is 0 Å². The summed E-state index contributed by atoms with van der Waals surface area (Å²) in [6, 6.07) is -0.154. The quantitative estimate of drug-likeness (QED) is 0.766. The number of nitrogens with two attached hydrogens (primary N) is 1. The lowest BCUT2D eigenvalue weighted by molar-refractivity contribution is -0.134. The van der Waals surface area contributed by atoms with Crippen LogP contribution in [0, 0.1) is 5.92 Å². The molecule has 0 radical (unpaired) electrons. The minimum absolute atomic E-state index is 0.0207. The van der Waals surface area contributed by atoms with Crippen LogP contribution in [-0.2, 0) is 4.79 Å². The van der Waals surface area contributed by atoms with Crippen molar-refractivity contribution in [1.29, 1.82) is 0 Å². The highest BCUT2D eigenvalue weighted by Gasteiger charge is 2.53. The molecule has 3 fully saturated rings. The van der Waals surface area contributed by atoms with Gasteiger partial charge in [0.1, 0.15) is 5.54 Å². The molecule has 1 saturated heterocycles. The van der Waals surface area contributed by atoms with Crippen molar-refractivity contribution in [2.45, 2.75) is 75.8 Å². The lowest BCUT2D eigenvalue weighted by Gasteiger charge is -2.31. The lowest BCUT2D eigenvalue weighted by Crippen LogP contribution is -2.49. The van der Waals surface area contributed by atoms with Gasteiger partial charge in [-0.05, 0) is 38.1 Å². The molecule has 0 aromatic rings. The van der Waals surface area contributed by atoms with Crippen LogP contribution in [0.25, 0.3) is 0 Å². The second-order valence-corrected chi connectivity index (χ2v) is 6.95. The Morgan fingerprint density at radius 2 is 1.71 bits per heavy atom. The summed E-state index contributed by atoms with van der Waals surface area (Å²) in [4.78, 5) is 27.0. The summed E-state index contributed by atoms with van der Waals surface area (Å²) < 4.78 is 0. The molecule has 5 nitrogen and oxygen atoms in total. The molecule has 3 rings (SSSR count). The number of amides is 3. The summed E-state index contributed by atoms with van der Waals surface area (Å²) in [6.07, 6.45) is 10.3. The van der Waals surface area contributed by atoms with Crippen LogP contribution in [0.2, 0.25) is 0 Å². The van der Waals surface area contributed by atoms with E-state index in [1.165, 1.54) is 24.2 Å². The van der Waals surface area contributed by atoms with Gasteiger partial charge in [0.05, 0.1) is 0 Å². The van der Waals surface area contributed by atoms with Gasteiger partial charge in [0.25, 0.3) is 5.91 Å². The minimum Gasteiger partial charge on any atom is -0.330 e. The second-order valence-electron chi connectivity index (χ2n) is 6.95. The highest BCUT2D eigenvalue weighted by atomic mass is 16.2. The second kappa shape index (κ2) is 5.95. The van der Waals surface area contributed by atoms with E-state index in [-0.39, 0.29) is 23.9 Å². The van der Waals surface area contributed by atoms with Gasteiger partial charge in [-0.1, -0.05) is 38.5 Å². The van der Waals surface area contributed by atoms with Crippen molar-refractivity contribution in [3.63, 3.8) is 0 Å². The Balaban J connectivity index is 1.80. The fourth-order valence-electron chi connectivity index (χ4n) is 4.42. The van der Waals surface area contributed by atoms with Crippen LogP contribution < -0.4 is 11.1 Å². The largest absolute Gasteiger partial charge is 0.330 e. The minimum atomic E-state index is -0.612. The van der Waals surface area contributed by atoms with E-state index in [1.54, 1.807) is 0 Å². The average molecular weight is 293 g/mol. The van der Waals surface area contributed by atoms with Gasteiger partial charge in [-0.3, -0.25) is 9.69 Å². The molecule has 118 valence electrons. The van der Waals surface area contributed by atoms with E-state index in [9.17, 15) is 9.59 Å². The van der Waals surface area contributed by atoms with Gasteiger partial charge in [0.2, 0.25) is 0 Å². The molecule has 21 heavy (non-hydrogen) atoms. The molecule has 3 N–H and O–H groups in total. The predicted molar refractivity (Wildman–Crippen MR) is 80.6 cm³/mol. The Kier molecular flexibility index (Phi) is 4.20. The molecule has 3 aliphatic rings. The van der Waals surface area contributed by atoms with Crippen LogP contribution in [0.15, 0.2) is 0 Å². The highest BCUT2D eigenvalue weighted by Crippen LogP contribution is 2.37. The summed E-state index contributed by atoms with van der Waals surface area (Å²) in [6.45, 7) is 0.564. The van der Waals surface area contributed by atoms with Gasteiger partial charge in [0.15, 0.2) is 0 Å². The molecule has 1 heterocycles. The van der Waals surface area contributed by atoms with E-state index in [0.29, 0.717) is 6.54 Å². The fraction of sp³-hybridized carbons (Fsp3) is 0.875. The monoisotopic (exact) mass is 293 g/mol. The van der Waals surface area contributed by atoms with Gasteiger partial charge >= 0.3 is 6.03 Å². The number of imide groups is 1. The Morgan fingerprint density at radius 1 is 1.05 bits per heavy atom. The molecule has 2 unspecified atom stereocenters. The summed E-state index contributed by atoms with van der Waals surface area (Å²) in [5, 5.41) is 3.06. The maximum Gasteiger partial charge on any atom is 0.325 e. The van der Waals surface area contributed by atoms with Gasteiger partial charge in [-0.2, -0.15) is 0 Å². The van der Waals surface area contributed by atoms with Crippen molar-refractivity contribution >= 4 is 11.9 Å². The first-order valence-corrected chi connectivity index (χ1v) is 8.54. The van der Waals surface area contributed by atoms with Gasteiger partial charge in [-0.25, -0.2) is 4.79 Å². The van der Waals surface area contributed by atoms with Crippen LogP contribution in [-0.4, -0.2) is 35.0 Å². The fourth-order valence-corrected chi connectivity index (χ4v) is 4.42. The van der Waals surface area contributed by atoms with Crippen molar-refractivity contribution in [1.82, 2.24) is 10.2 Å². The number of hydrogen-bond donors (Lipinski definition) is 2. The number of nitrogens with one attached hydrogen (secondary N) is 1. The SMILES string of the molecule is NCC1CCCC1N1C(=O)NC2(CCCCCCC2)C1=O. The first-order chi connectivity index (χ1) is 10.2. The van der Waals surface area contributed by atoms with Crippen molar-refractivity contribution in [3.8, 4) is 0 Å². The Morgan fingerprint density at radius 3 is 2.38 bits per heavy atom. The summed E-state index contributed by atoms with van der Waals surface area (Å²) in [7, 11) is 0. The number of rotatable bonds is 2. The standard InChI is InChI=1S/C16H27N3O2/c17-11-12-7-6-8-13(12)19-14(20)16(18-15(19)21)9-4-2-1-3-5-10-16/h12-13H,1-11,17H2,(H,18,21). The highest BCUT2D eigenvalue weighted by molar-refractivity contribution is 6.07. The molecule has 0 aromatic heterocycles. The van der Waals surface area contributed by atoms with Gasteiger partial charge < -0.3 is 11.1 Å². The average Bonchev–Trinajstić information content (AvgIpc) is 2.98. The Labute approximate surface area is 126 Å². The zero-order chi connectivity index (χ0) is 14.9. The molecule has 1 aliphatic heterocycles. The molecule has 2 aliphatic carbocycles. The number of hydrogen-bond acceptors (Lipinski definition) is 3. The van der Waals surface area contributed by atoms with Crippen LogP contribution in [0.3, 0.4) is 0 Å². The third-order valence-corrected chi connectivity index (χ3v) is 5.65. The smallest absolute Gasteiger partial charge is 0.325 e. The molecule has 2 atom stereocenters. The molecule has 5 heteroatoms. The van der Waals surface area contributed by atoms with Crippen LogP contribution >= 0.6 is 0 Å². The molecule has 0 bridgehead atoms. The molecular formula is C16H27N3O2. The first-order valence-electron chi connectivity index (χ1n) is 8.54. The van der Waals surface area contributed by atoms with E-state index in [4.69, 9.17) is 5.73 Å².